The molecule has 0 saturated heterocycles. The first-order valence-electron chi connectivity index (χ1n) is 4.09. The van der Waals surface area contributed by atoms with Crippen molar-refractivity contribution in [2.24, 2.45) is 10.8 Å². The van der Waals surface area contributed by atoms with Gasteiger partial charge in [0.15, 0.2) is 0 Å². The van der Waals surface area contributed by atoms with Crippen LogP contribution in [0, 0.1) is 17.8 Å². The third kappa shape index (κ3) is 1.12. The molecule has 1 unspecified atom stereocenters. The average molecular weight is 153 g/mol. The Bertz CT molecular complexity index is 179. The van der Waals surface area contributed by atoms with Gasteiger partial charge < -0.3 is 5.11 Å². The van der Waals surface area contributed by atoms with Gasteiger partial charge in [0.05, 0.1) is 6.10 Å². The summed E-state index contributed by atoms with van der Waals surface area (Å²) in [5, 5.41) is 9.50. The third-order valence-corrected chi connectivity index (χ3v) is 3.28. The Labute approximate surface area is 69.1 Å². The van der Waals surface area contributed by atoms with Crippen molar-refractivity contribution in [3.8, 4) is 0 Å². The van der Waals surface area contributed by atoms with Gasteiger partial charge in [-0.05, 0) is 18.8 Å². The molecule has 0 amide bonds. The Balaban J connectivity index is 2.90. The molecule has 0 aromatic carbocycles. The van der Waals surface area contributed by atoms with E-state index in [0.29, 0.717) is 0 Å². The second kappa shape index (κ2) is 2.34. The van der Waals surface area contributed by atoms with E-state index in [9.17, 15) is 5.11 Å². The van der Waals surface area contributed by atoms with Crippen LogP contribution in [0.25, 0.3) is 0 Å². The van der Waals surface area contributed by atoms with E-state index in [1.165, 1.54) is 0 Å². The van der Waals surface area contributed by atoms with Crippen LogP contribution in [0.5, 0.6) is 0 Å². The van der Waals surface area contributed by atoms with Crippen molar-refractivity contribution in [1.29, 1.82) is 0 Å². The molecule has 1 nitrogen and oxygen atoms in total. The number of allylic oxidation sites excluding steroid dienone is 2. The van der Waals surface area contributed by atoms with Crippen molar-refractivity contribution in [1.82, 2.24) is 0 Å². The fraction of sp³-hybridized carbons (Fsp3) is 0.700. The maximum atomic E-state index is 9.50. The van der Waals surface area contributed by atoms with Gasteiger partial charge in [0.1, 0.15) is 0 Å². The standard InChI is InChI=1S/C10H17O/c1-8(11)10(4)7-5-6-9(10,2)3/h5-6,8,11H,1,7H2,2-4H3/t8-,10?/m1/s1. The minimum atomic E-state index is -0.479. The van der Waals surface area contributed by atoms with Gasteiger partial charge in [0.25, 0.3) is 0 Å². The van der Waals surface area contributed by atoms with Gasteiger partial charge in [0, 0.05) is 5.41 Å². The number of hydrogen-bond donors (Lipinski definition) is 1. The lowest BCUT2D eigenvalue weighted by Gasteiger charge is -2.40. The first-order chi connectivity index (χ1) is 4.90. The Morgan fingerprint density at radius 2 is 2.00 bits per heavy atom. The van der Waals surface area contributed by atoms with E-state index in [2.05, 4.69) is 39.8 Å². The summed E-state index contributed by atoms with van der Waals surface area (Å²) in [6.07, 6.45) is 4.76. The highest BCUT2D eigenvalue weighted by Crippen LogP contribution is 2.49. The number of aliphatic hydroxyl groups excluding tert-OH is 1. The molecule has 1 rings (SSSR count). The molecule has 2 atom stereocenters. The molecule has 1 heteroatoms. The van der Waals surface area contributed by atoms with Crippen molar-refractivity contribution >= 4 is 0 Å². The Kier molecular flexibility index (Phi) is 1.87. The highest BCUT2D eigenvalue weighted by Gasteiger charge is 2.45. The van der Waals surface area contributed by atoms with Gasteiger partial charge in [-0.1, -0.05) is 32.9 Å². The zero-order chi connectivity index (χ0) is 8.70. The maximum Gasteiger partial charge on any atom is 0.0605 e. The van der Waals surface area contributed by atoms with Crippen LogP contribution in [0.15, 0.2) is 12.2 Å². The molecule has 0 bridgehead atoms. The first kappa shape index (κ1) is 8.79. The molecule has 0 aromatic rings. The van der Waals surface area contributed by atoms with E-state index in [1.807, 2.05) is 0 Å². The Morgan fingerprint density at radius 1 is 1.45 bits per heavy atom. The molecule has 0 saturated carbocycles. The fourth-order valence-corrected chi connectivity index (χ4v) is 1.62. The number of rotatable bonds is 1. The van der Waals surface area contributed by atoms with Crippen LogP contribution in [0.2, 0.25) is 0 Å². The van der Waals surface area contributed by atoms with Gasteiger partial charge in [-0.2, -0.15) is 0 Å². The minimum absolute atomic E-state index is 0.0764. The van der Waals surface area contributed by atoms with E-state index < -0.39 is 6.10 Å². The van der Waals surface area contributed by atoms with Crippen molar-refractivity contribution in [3.05, 3.63) is 19.1 Å². The molecule has 0 aromatic heterocycles. The quantitative estimate of drug-likeness (QED) is 0.572. The summed E-state index contributed by atoms with van der Waals surface area (Å²) in [7, 11) is 0. The van der Waals surface area contributed by atoms with Gasteiger partial charge >= 0.3 is 0 Å². The molecule has 1 aliphatic rings. The summed E-state index contributed by atoms with van der Waals surface area (Å²) in [5.41, 5.74) is 0.00116. The molecule has 1 N–H and O–H groups in total. The van der Waals surface area contributed by atoms with E-state index in [1.54, 1.807) is 0 Å². The van der Waals surface area contributed by atoms with Crippen LogP contribution in [-0.2, 0) is 0 Å². The molecule has 11 heavy (non-hydrogen) atoms. The lowest BCUT2D eigenvalue weighted by Crippen LogP contribution is -2.39. The smallest absolute Gasteiger partial charge is 0.0605 e. The van der Waals surface area contributed by atoms with E-state index in [4.69, 9.17) is 0 Å². The summed E-state index contributed by atoms with van der Waals surface area (Å²) < 4.78 is 0. The van der Waals surface area contributed by atoms with Crippen LogP contribution < -0.4 is 0 Å². The molecule has 1 radical (unpaired) electrons. The Morgan fingerprint density at radius 3 is 2.18 bits per heavy atom. The highest BCUT2D eigenvalue weighted by atomic mass is 16.3. The van der Waals surface area contributed by atoms with Crippen molar-refractivity contribution in [2.75, 3.05) is 0 Å². The zero-order valence-corrected chi connectivity index (χ0v) is 7.59. The normalized spacial score (nSPS) is 37.5. The highest BCUT2D eigenvalue weighted by molar-refractivity contribution is 5.15. The summed E-state index contributed by atoms with van der Waals surface area (Å²) in [4.78, 5) is 0. The SMILES string of the molecule is [CH2][C@@H](O)C1(C)CC=CC1(C)C. The lowest BCUT2D eigenvalue weighted by molar-refractivity contribution is 0.0125. The average Bonchev–Trinajstić information content (AvgIpc) is 2.09. The summed E-state index contributed by atoms with van der Waals surface area (Å²) in [6, 6.07) is 0. The first-order valence-corrected chi connectivity index (χ1v) is 4.09. The summed E-state index contributed by atoms with van der Waals surface area (Å²) in [5.74, 6) is 0. The zero-order valence-electron chi connectivity index (χ0n) is 7.59. The van der Waals surface area contributed by atoms with E-state index >= 15 is 0 Å². The van der Waals surface area contributed by atoms with Gasteiger partial charge in [-0.15, -0.1) is 0 Å². The van der Waals surface area contributed by atoms with Crippen LogP contribution >= 0.6 is 0 Å². The van der Waals surface area contributed by atoms with Gasteiger partial charge in [-0.25, -0.2) is 0 Å². The van der Waals surface area contributed by atoms with E-state index in [-0.39, 0.29) is 10.8 Å². The molecular formula is C10H17O. The molecule has 63 valence electrons. The minimum Gasteiger partial charge on any atom is -0.393 e. The molecule has 0 spiro atoms. The predicted octanol–water partition coefficient (Wildman–Crippen LogP) is 2.17. The number of aliphatic hydroxyl groups is 1. The lowest BCUT2D eigenvalue weighted by atomic mass is 9.66. The summed E-state index contributed by atoms with van der Waals surface area (Å²) in [6.45, 7) is 10.1. The van der Waals surface area contributed by atoms with Crippen molar-refractivity contribution in [3.63, 3.8) is 0 Å². The second-order valence-electron chi connectivity index (χ2n) is 4.26. The fourth-order valence-electron chi connectivity index (χ4n) is 1.62. The van der Waals surface area contributed by atoms with Crippen LogP contribution in [0.4, 0.5) is 0 Å². The van der Waals surface area contributed by atoms with Gasteiger partial charge in [0.2, 0.25) is 0 Å². The van der Waals surface area contributed by atoms with Crippen LogP contribution in [0.3, 0.4) is 0 Å². The molecule has 0 aliphatic heterocycles. The molecule has 0 heterocycles. The molecule has 0 fully saturated rings. The topological polar surface area (TPSA) is 20.2 Å². The van der Waals surface area contributed by atoms with E-state index in [0.717, 1.165) is 6.42 Å². The molecular weight excluding hydrogens is 136 g/mol. The van der Waals surface area contributed by atoms with Crippen LogP contribution in [-0.4, -0.2) is 11.2 Å². The third-order valence-electron chi connectivity index (χ3n) is 3.28. The monoisotopic (exact) mass is 153 g/mol. The van der Waals surface area contributed by atoms with Crippen molar-refractivity contribution in [2.45, 2.75) is 33.3 Å². The van der Waals surface area contributed by atoms with Crippen molar-refractivity contribution < 1.29 is 5.11 Å². The predicted molar refractivity (Wildman–Crippen MR) is 47.0 cm³/mol. The second-order valence-corrected chi connectivity index (χ2v) is 4.26. The summed E-state index contributed by atoms with van der Waals surface area (Å²) >= 11 is 0. The molecule has 1 aliphatic carbocycles. The number of hydrogen-bond acceptors (Lipinski definition) is 1. The largest absolute Gasteiger partial charge is 0.393 e. The van der Waals surface area contributed by atoms with Crippen LogP contribution in [0.1, 0.15) is 27.2 Å². The maximum absolute atomic E-state index is 9.50. The Hall–Kier alpha value is -0.300. The van der Waals surface area contributed by atoms with Gasteiger partial charge in [-0.3, -0.25) is 0 Å².